The van der Waals surface area contributed by atoms with Gasteiger partial charge in [-0.2, -0.15) is 0 Å². The van der Waals surface area contributed by atoms with Crippen LogP contribution >= 0.6 is 0 Å². The Morgan fingerprint density at radius 3 is 2.48 bits per heavy atom. The topological polar surface area (TPSA) is 125 Å². The molecule has 4 aliphatic heterocycles. The number of esters is 1. The molecule has 2 fully saturated rings. The summed E-state index contributed by atoms with van der Waals surface area (Å²) in [6.07, 6.45) is 6.70. The lowest BCUT2D eigenvalue weighted by molar-refractivity contribution is -0.160. The summed E-state index contributed by atoms with van der Waals surface area (Å²) < 4.78 is 13.0. The summed E-state index contributed by atoms with van der Waals surface area (Å²) in [6, 6.07) is 21.0. The van der Waals surface area contributed by atoms with Crippen LogP contribution in [0.15, 0.2) is 97.1 Å². The fourth-order valence-electron chi connectivity index (χ4n) is 8.09. The summed E-state index contributed by atoms with van der Waals surface area (Å²) in [4.78, 5) is 60.2. The van der Waals surface area contributed by atoms with Crippen LogP contribution in [0.1, 0.15) is 44.8 Å². The number of carbonyl (C=O) groups is 4. The fraction of sp³-hybridized carbons (Fsp3) is 0.400. The average Bonchev–Trinajstić information content (AvgIpc) is 3.52. The Labute approximate surface area is 291 Å². The fourth-order valence-corrected chi connectivity index (χ4v) is 8.09. The Morgan fingerprint density at radius 1 is 0.960 bits per heavy atom. The highest BCUT2D eigenvalue weighted by Crippen LogP contribution is 2.54. The lowest BCUT2D eigenvalue weighted by Gasteiger charge is -2.40. The van der Waals surface area contributed by atoms with Gasteiger partial charge in [-0.05, 0) is 40.8 Å². The molecule has 3 amide bonds. The van der Waals surface area contributed by atoms with Gasteiger partial charge in [0.1, 0.15) is 23.7 Å². The van der Waals surface area contributed by atoms with Gasteiger partial charge >= 0.3 is 5.97 Å². The van der Waals surface area contributed by atoms with E-state index in [0.29, 0.717) is 24.1 Å². The molecule has 2 N–H and O–H groups in total. The van der Waals surface area contributed by atoms with Crippen molar-refractivity contribution in [3.05, 3.63) is 103 Å². The molecule has 0 aromatic heterocycles. The average molecular weight is 678 g/mol. The number of aliphatic hydroxyl groups is 1. The van der Waals surface area contributed by atoms with Crippen molar-refractivity contribution in [3.8, 4) is 0 Å². The highest BCUT2D eigenvalue weighted by molar-refractivity contribution is 6.06. The van der Waals surface area contributed by atoms with Crippen molar-refractivity contribution in [2.75, 3.05) is 24.6 Å². The van der Waals surface area contributed by atoms with Crippen LogP contribution < -0.4 is 10.2 Å². The van der Waals surface area contributed by atoms with Crippen LogP contribution in [0, 0.1) is 17.8 Å². The molecule has 3 aromatic rings. The predicted octanol–water partition coefficient (Wildman–Crippen LogP) is 4.48. The lowest BCUT2D eigenvalue weighted by atomic mass is 9.77. The van der Waals surface area contributed by atoms with Gasteiger partial charge in [0.15, 0.2) is 0 Å². The summed E-state index contributed by atoms with van der Waals surface area (Å²) in [6.45, 7) is 3.85. The highest BCUT2D eigenvalue weighted by atomic mass is 16.6. The van der Waals surface area contributed by atoms with E-state index in [4.69, 9.17) is 9.47 Å². The van der Waals surface area contributed by atoms with Crippen LogP contribution in [-0.4, -0.2) is 77.2 Å². The monoisotopic (exact) mass is 677 g/mol. The molecule has 0 unspecified atom stereocenters. The van der Waals surface area contributed by atoms with Crippen molar-refractivity contribution in [1.82, 2.24) is 10.2 Å². The summed E-state index contributed by atoms with van der Waals surface area (Å²) >= 11 is 0. The van der Waals surface area contributed by atoms with Crippen molar-refractivity contribution in [1.29, 1.82) is 0 Å². The number of carbonyl (C=O) groups excluding carboxylic acids is 4. The van der Waals surface area contributed by atoms with E-state index in [9.17, 15) is 19.5 Å². The van der Waals surface area contributed by atoms with Gasteiger partial charge in [-0.1, -0.05) is 105 Å². The molecule has 1 spiro atoms. The molecule has 2 saturated heterocycles. The molecule has 50 heavy (non-hydrogen) atoms. The lowest BCUT2D eigenvalue weighted by Crippen LogP contribution is -2.59. The van der Waals surface area contributed by atoms with Crippen LogP contribution in [0.3, 0.4) is 0 Å². The van der Waals surface area contributed by atoms with E-state index in [0.717, 1.165) is 10.8 Å². The first-order valence-electron chi connectivity index (χ1n) is 17.5. The molecule has 4 heterocycles. The maximum Gasteiger partial charge on any atom is 0.313 e. The molecule has 7 rings (SSSR count). The maximum absolute atomic E-state index is 15.0. The van der Waals surface area contributed by atoms with Crippen molar-refractivity contribution in [2.24, 2.45) is 17.8 Å². The molecule has 0 bridgehead atoms. The first-order valence-corrected chi connectivity index (χ1v) is 17.5. The van der Waals surface area contributed by atoms with Crippen LogP contribution in [0.4, 0.5) is 5.69 Å². The summed E-state index contributed by atoms with van der Waals surface area (Å²) in [7, 11) is 0. The third-order valence-electron chi connectivity index (χ3n) is 10.9. The number of allylic oxidation sites excluding steroid dienone is 1. The van der Waals surface area contributed by atoms with E-state index < -0.39 is 53.6 Å². The smallest absolute Gasteiger partial charge is 0.313 e. The molecular weight excluding hydrogens is 634 g/mol. The van der Waals surface area contributed by atoms with Crippen molar-refractivity contribution in [3.63, 3.8) is 0 Å². The zero-order valence-corrected chi connectivity index (χ0v) is 28.3. The molecule has 0 radical (unpaired) electrons. The van der Waals surface area contributed by atoms with E-state index >= 15 is 4.79 Å². The number of hydrogen-bond acceptors (Lipinski definition) is 7. The second kappa shape index (κ2) is 13.8. The van der Waals surface area contributed by atoms with E-state index in [2.05, 4.69) is 5.32 Å². The van der Waals surface area contributed by atoms with Gasteiger partial charge in [0.25, 0.3) is 5.91 Å². The second-order valence-electron chi connectivity index (χ2n) is 13.7. The van der Waals surface area contributed by atoms with Crippen molar-refractivity contribution >= 4 is 40.2 Å². The number of hydrogen-bond donors (Lipinski definition) is 2. The maximum atomic E-state index is 15.0. The quantitative estimate of drug-likeness (QED) is 0.291. The Balaban J connectivity index is 1.34. The number of amides is 3. The Kier molecular flexibility index (Phi) is 9.32. The Hall–Kier alpha value is -4.80. The number of ether oxygens (including phenoxy) is 2. The first kappa shape index (κ1) is 33.7. The number of aliphatic hydroxyl groups excluding tert-OH is 1. The van der Waals surface area contributed by atoms with E-state index in [-0.39, 0.29) is 43.8 Å². The van der Waals surface area contributed by atoms with E-state index in [1.165, 1.54) is 4.90 Å². The van der Waals surface area contributed by atoms with Gasteiger partial charge in [0.05, 0.1) is 31.2 Å². The molecule has 3 aromatic carbocycles. The number of nitrogens with one attached hydrogen (secondary N) is 1. The predicted molar refractivity (Wildman–Crippen MR) is 188 cm³/mol. The number of benzene rings is 3. The number of cyclic esters (lactones) is 1. The van der Waals surface area contributed by atoms with Crippen LogP contribution in [0.2, 0.25) is 0 Å². The van der Waals surface area contributed by atoms with Gasteiger partial charge in [-0.15, -0.1) is 0 Å². The number of rotatable bonds is 6. The summed E-state index contributed by atoms with van der Waals surface area (Å²) in [5, 5.41) is 15.7. The zero-order chi connectivity index (χ0) is 35.0. The molecule has 4 aliphatic rings. The third-order valence-corrected chi connectivity index (χ3v) is 10.9. The first-order chi connectivity index (χ1) is 24.3. The summed E-state index contributed by atoms with van der Waals surface area (Å²) in [5.41, 5.74) is -0.151. The minimum Gasteiger partial charge on any atom is -0.455 e. The number of nitrogens with zero attached hydrogens (tertiary/aromatic N) is 2. The number of likely N-dealkylation sites (tertiary alicyclic amines) is 1. The van der Waals surface area contributed by atoms with E-state index in [1.807, 2.05) is 92.7 Å². The van der Waals surface area contributed by atoms with Gasteiger partial charge in [-0.25, -0.2) is 0 Å². The molecule has 0 saturated carbocycles. The van der Waals surface area contributed by atoms with Crippen LogP contribution in [-0.2, 0) is 28.7 Å². The van der Waals surface area contributed by atoms with Gasteiger partial charge < -0.3 is 29.7 Å². The molecule has 0 aliphatic carbocycles. The molecule has 8 atom stereocenters. The molecular formula is C40H43N3O7. The highest BCUT2D eigenvalue weighted by Gasteiger charge is 2.72. The number of anilines is 1. The molecule has 10 heteroatoms. The zero-order valence-electron chi connectivity index (χ0n) is 28.3. The Morgan fingerprint density at radius 2 is 1.72 bits per heavy atom. The normalized spacial score (nSPS) is 30.3. The second-order valence-corrected chi connectivity index (χ2v) is 13.7. The standard InChI is InChI=1S/C40H43N3O7/c1-3-25(2)30(24-44)43-36-38(47)42(29-19-18-26-12-7-8-15-28(26)22-29)21-11-20-40(36)35(37(43)46)34-31(50-40)16-9-10-17-33(45)41-23-32(49-39(34)48)27-13-5-4-6-14-27/h4-9,11-16,18-20,22,25,30-32,34-36,44H,3,10,17,21,23-24H2,1-2H3,(H,41,45)/b16-9-/t25-,30-,31+,32-,34-,35-,36+,40-/m0/s1. The Bertz CT molecular complexity index is 1840. The minimum absolute atomic E-state index is 0.0642. The van der Waals surface area contributed by atoms with Crippen LogP contribution in [0.25, 0.3) is 10.8 Å². The molecule has 10 nitrogen and oxygen atoms in total. The molecule has 260 valence electrons. The van der Waals surface area contributed by atoms with Gasteiger partial charge in [0, 0.05) is 18.7 Å². The van der Waals surface area contributed by atoms with Crippen molar-refractivity contribution < 1.29 is 33.8 Å². The van der Waals surface area contributed by atoms with Gasteiger partial charge in [0.2, 0.25) is 11.8 Å². The van der Waals surface area contributed by atoms with Crippen LogP contribution in [0.5, 0.6) is 0 Å². The summed E-state index contributed by atoms with van der Waals surface area (Å²) in [5.74, 6) is -3.95. The number of fused-ring (bicyclic) bond motifs is 3. The van der Waals surface area contributed by atoms with E-state index in [1.54, 1.807) is 23.1 Å². The largest absolute Gasteiger partial charge is 0.455 e. The SMILES string of the molecule is CC[C@H](C)[C@H](CO)N1C(=O)[C@@H]2[C@H]3C(=O)O[C@H](c4ccccc4)CNC(=O)CC/C=C\[C@H]3O[C@@]23C=CCN(c2ccc4ccccc4c2)C(=O)[C@@H]13. The minimum atomic E-state index is -1.52. The third kappa shape index (κ3) is 5.80. The van der Waals surface area contributed by atoms with Gasteiger partial charge in [-0.3, -0.25) is 19.2 Å². The van der Waals surface area contributed by atoms with Crippen molar-refractivity contribution in [2.45, 2.75) is 63.0 Å².